The number of aromatic nitrogens is 3. The lowest BCUT2D eigenvalue weighted by atomic mass is 10.0. The van der Waals surface area contributed by atoms with Gasteiger partial charge in [-0.2, -0.15) is 0 Å². The molecule has 7 heteroatoms. The summed E-state index contributed by atoms with van der Waals surface area (Å²) in [5, 5.41) is 14.3. The number of aliphatic hydroxyl groups is 1. The second kappa shape index (κ2) is 7.05. The minimum absolute atomic E-state index is 0.0767. The van der Waals surface area contributed by atoms with Gasteiger partial charge in [0.15, 0.2) is 0 Å². The third kappa shape index (κ3) is 3.34. The predicted molar refractivity (Wildman–Crippen MR) is 93.1 cm³/mol. The van der Waals surface area contributed by atoms with Gasteiger partial charge in [-0.1, -0.05) is 35.5 Å². The van der Waals surface area contributed by atoms with E-state index in [1.807, 2.05) is 30.3 Å². The number of likely N-dealkylation sites (tertiary alicyclic amines) is 1. The van der Waals surface area contributed by atoms with Crippen LogP contribution in [0.15, 0.2) is 59.5 Å². The smallest absolute Gasteiger partial charge is 0.292 e. The highest BCUT2D eigenvalue weighted by Crippen LogP contribution is 2.24. The van der Waals surface area contributed by atoms with E-state index < -0.39 is 6.10 Å². The summed E-state index contributed by atoms with van der Waals surface area (Å²) in [7, 11) is 0. The standard InChI is InChI=1S/C19H18N4O3/c24-17-12-23(11-14(17)8-15-10-20-6-7-21-15)19(25)18-9-16(22-26-18)13-4-2-1-3-5-13/h1-7,9-10,14,17,24H,8,11-12H2/t14-,17-/m1/s1. The lowest BCUT2D eigenvalue weighted by Gasteiger charge is -2.13. The third-order valence-electron chi connectivity index (χ3n) is 4.57. The van der Waals surface area contributed by atoms with Gasteiger partial charge in [0, 0.05) is 49.2 Å². The highest BCUT2D eigenvalue weighted by molar-refractivity contribution is 5.92. The average molecular weight is 350 g/mol. The van der Waals surface area contributed by atoms with E-state index in [2.05, 4.69) is 15.1 Å². The molecule has 1 aliphatic rings. The fourth-order valence-corrected chi connectivity index (χ4v) is 3.20. The summed E-state index contributed by atoms with van der Waals surface area (Å²) in [5.41, 5.74) is 2.30. The van der Waals surface area contributed by atoms with Crippen LogP contribution in [0.25, 0.3) is 11.3 Å². The fourth-order valence-electron chi connectivity index (χ4n) is 3.20. The van der Waals surface area contributed by atoms with Crippen molar-refractivity contribution < 1.29 is 14.4 Å². The van der Waals surface area contributed by atoms with Crippen LogP contribution in [0, 0.1) is 5.92 Å². The number of hydrogen-bond donors (Lipinski definition) is 1. The Kier molecular flexibility index (Phi) is 4.45. The summed E-state index contributed by atoms with van der Waals surface area (Å²) in [5.74, 6) is -0.163. The SMILES string of the molecule is O=C(c1cc(-c2ccccc2)no1)N1C[C@@H](Cc2cnccn2)[C@H](O)C1. The number of carbonyl (C=O) groups excluding carboxylic acids is 1. The van der Waals surface area contributed by atoms with E-state index in [0.29, 0.717) is 18.7 Å². The van der Waals surface area contributed by atoms with E-state index in [9.17, 15) is 9.90 Å². The van der Waals surface area contributed by atoms with Gasteiger partial charge in [-0.05, 0) is 6.42 Å². The number of carbonyl (C=O) groups is 1. The van der Waals surface area contributed by atoms with E-state index in [1.165, 1.54) is 0 Å². The van der Waals surface area contributed by atoms with Gasteiger partial charge >= 0.3 is 0 Å². The van der Waals surface area contributed by atoms with Crippen molar-refractivity contribution in [2.75, 3.05) is 13.1 Å². The molecule has 0 unspecified atom stereocenters. The maximum Gasteiger partial charge on any atom is 0.292 e. The molecule has 1 saturated heterocycles. The molecule has 0 radical (unpaired) electrons. The molecular weight excluding hydrogens is 332 g/mol. The van der Waals surface area contributed by atoms with Crippen LogP contribution in [0.3, 0.4) is 0 Å². The van der Waals surface area contributed by atoms with Crippen molar-refractivity contribution in [2.45, 2.75) is 12.5 Å². The van der Waals surface area contributed by atoms with Crippen molar-refractivity contribution >= 4 is 5.91 Å². The average Bonchev–Trinajstić information content (AvgIpc) is 3.31. The van der Waals surface area contributed by atoms with Crippen LogP contribution in [0.1, 0.15) is 16.2 Å². The highest BCUT2D eigenvalue weighted by Gasteiger charge is 2.36. The van der Waals surface area contributed by atoms with Crippen LogP contribution in [-0.4, -0.2) is 50.2 Å². The lowest BCUT2D eigenvalue weighted by Crippen LogP contribution is -2.29. The van der Waals surface area contributed by atoms with Crippen molar-refractivity contribution in [1.82, 2.24) is 20.0 Å². The fraction of sp³-hybridized carbons (Fsp3) is 0.263. The van der Waals surface area contributed by atoms with Crippen molar-refractivity contribution in [1.29, 1.82) is 0 Å². The molecule has 2 atom stereocenters. The Morgan fingerprint density at radius 3 is 2.85 bits per heavy atom. The number of aliphatic hydroxyl groups excluding tert-OH is 1. The molecule has 3 aromatic rings. The molecule has 1 aromatic carbocycles. The zero-order chi connectivity index (χ0) is 17.9. The van der Waals surface area contributed by atoms with Crippen LogP contribution >= 0.6 is 0 Å². The van der Waals surface area contributed by atoms with Crippen molar-refractivity contribution in [2.24, 2.45) is 5.92 Å². The van der Waals surface area contributed by atoms with Gasteiger partial charge in [0.1, 0.15) is 5.69 Å². The molecule has 0 saturated carbocycles. The maximum absolute atomic E-state index is 12.7. The van der Waals surface area contributed by atoms with Crippen LogP contribution in [-0.2, 0) is 6.42 Å². The topological polar surface area (TPSA) is 92.4 Å². The molecule has 0 aliphatic carbocycles. The Hall–Kier alpha value is -3.06. The highest BCUT2D eigenvalue weighted by atomic mass is 16.5. The van der Waals surface area contributed by atoms with Crippen LogP contribution in [0.5, 0.6) is 0 Å². The first-order valence-corrected chi connectivity index (χ1v) is 8.45. The Bertz CT molecular complexity index is 882. The number of hydrogen-bond acceptors (Lipinski definition) is 6. The Morgan fingerprint density at radius 1 is 1.23 bits per heavy atom. The Labute approximate surface area is 150 Å². The Morgan fingerprint density at radius 2 is 2.08 bits per heavy atom. The van der Waals surface area contributed by atoms with Crippen LogP contribution < -0.4 is 0 Å². The maximum atomic E-state index is 12.7. The molecular formula is C19H18N4O3. The summed E-state index contributed by atoms with van der Waals surface area (Å²) >= 11 is 0. The summed E-state index contributed by atoms with van der Waals surface area (Å²) in [6.45, 7) is 0.711. The zero-order valence-electron chi connectivity index (χ0n) is 14.0. The largest absolute Gasteiger partial charge is 0.391 e. The molecule has 4 rings (SSSR count). The minimum atomic E-state index is -0.600. The molecule has 2 aromatic heterocycles. The first-order valence-electron chi connectivity index (χ1n) is 8.45. The van der Waals surface area contributed by atoms with Gasteiger partial charge in [-0.25, -0.2) is 0 Å². The zero-order valence-corrected chi connectivity index (χ0v) is 14.0. The molecule has 1 amide bonds. The second-order valence-electron chi connectivity index (χ2n) is 6.38. The molecule has 1 aliphatic heterocycles. The van der Waals surface area contributed by atoms with Crippen molar-refractivity contribution in [3.63, 3.8) is 0 Å². The van der Waals surface area contributed by atoms with Gasteiger partial charge in [0.25, 0.3) is 5.91 Å². The van der Waals surface area contributed by atoms with E-state index >= 15 is 0 Å². The van der Waals surface area contributed by atoms with E-state index in [0.717, 1.165) is 11.3 Å². The normalized spacial score (nSPS) is 19.7. The summed E-state index contributed by atoms with van der Waals surface area (Å²) in [4.78, 5) is 22.6. The Balaban J connectivity index is 1.45. The number of nitrogens with zero attached hydrogens (tertiary/aromatic N) is 4. The quantitative estimate of drug-likeness (QED) is 0.771. The molecule has 132 valence electrons. The molecule has 1 fully saturated rings. The number of benzene rings is 1. The molecule has 7 nitrogen and oxygen atoms in total. The number of amides is 1. The van der Waals surface area contributed by atoms with Crippen molar-refractivity contribution in [3.05, 3.63) is 66.4 Å². The molecule has 3 heterocycles. The first kappa shape index (κ1) is 16.4. The third-order valence-corrected chi connectivity index (χ3v) is 4.57. The van der Waals surface area contributed by atoms with Gasteiger partial charge in [-0.15, -0.1) is 0 Å². The summed E-state index contributed by atoms with van der Waals surface area (Å²) in [6, 6.07) is 11.2. The lowest BCUT2D eigenvalue weighted by molar-refractivity contribution is 0.0724. The molecule has 0 spiro atoms. The predicted octanol–water partition coefficient (Wildman–Crippen LogP) is 1.81. The van der Waals surface area contributed by atoms with E-state index in [4.69, 9.17) is 4.52 Å². The molecule has 1 N–H and O–H groups in total. The van der Waals surface area contributed by atoms with Crippen LogP contribution in [0.4, 0.5) is 0 Å². The molecule has 0 bridgehead atoms. The summed E-state index contributed by atoms with van der Waals surface area (Å²) in [6.07, 6.45) is 4.89. The van der Waals surface area contributed by atoms with Crippen LogP contribution in [0.2, 0.25) is 0 Å². The monoisotopic (exact) mass is 350 g/mol. The number of rotatable bonds is 4. The van der Waals surface area contributed by atoms with Gasteiger partial charge in [0.05, 0.1) is 11.8 Å². The van der Waals surface area contributed by atoms with Crippen molar-refractivity contribution in [3.8, 4) is 11.3 Å². The number of β-amino-alcohol motifs (C(OH)–C–C–N with tert-alkyl or cyclic N) is 1. The van der Waals surface area contributed by atoms with Gasteiger partial charge in [0.2, 0.25) is 5.76 Å². The van der Waals surface area contributed by atoms with E-state index in [1.54, 1.807) is 29.6 Å². The van der Waals surface area contributed by atoms with Gasteiger partial charge < -0.3 is 14.5 Å². The van der Waals surface area contributed by atoms with Gasteiger partial charge in [-0.3, -0.25) is 14.8 Å². The second-order valence-corrected chi connectivity index (χ2v) is 6.38. The minimum Gasteiger partial charge on any atom is -0.391 e. The first-order chi connectivity index (χ1) is 12.7. The molecule has 26 heavy (non-hydrogen) atoms. The summed E-state index contributed by atoms with van der Waals surface area (Å²) < 4.78 is 5.24. The van der Waals surface area contributed by atoms with E-state index in [-0.39, 0.29) is 24.1 Å².